The zero-order chi connectivity index (χ0) is 15.0. The topological polar surface area (TPSA) is 37.3 Å². The van der Waals surface area contributed by atoms with Gasteiger partial charge in [-0.25, -0.2) is 4.79 Å². The lowest BCUT2D eigenvalue weighted by atomic mass is 9.76. The van der Waals surface area contributed by atoms with Crippen molar-refractivity contribution in [2.45, 2.75) is 27.1 Å². The number of carbonyl (C=O) groups is 1. The highest BCUT2D eigenvalue weighted by atomic mass is 19.4. The van der Waals surface area contributed by atoms with Gasteiger partial charge in [0.2, 0.25) is 0 Å². The van der Waals surface area contributed by atoms with E-state index in [0.717, 1.165) is 0 Å². The van der Waals surface area contributed by atoms with Crippen molar-refractivity contribution in [1.29, 1.82) is 0 Å². The Kier molecular flexibility index (Phi) is 3.99. The molecule has 0 aliphatic heterocycles. The second kappa shape index (κ2) is 5.00. The van der Waals surface area contributed by atoms with Crippen molar-refractivity contribution < 1.29 is 22.8 Å². The minimum Gasteiger partial charge on any atom is -0.478 e. The van der Waals surface area contributed by atoms with Gasteiger partial charge in [0.05, 0.1) is 5.56 Å². The van der Waals surface area contributed by atoms with Gasteiger partial charge < -0.3 is 18.1 Å². The fourth-order valence-electron chi connectivity index (χ4n) is 2.35. The first kappa shape index (κ1) is 15.2. The van der Waals surface area contributed by atoms with Crippen molar-refractivity contribution in [2.24, 2.45) is 0 Å². The molecule has 0 aliphatic rings. The lowest BCUT2D eigenvalue weighted by Crippen LogP contribution is -2.22. The number of halogens is 3. The summed E-state index contributed by atoms with van der Waals surface area (Å²) in [6.07, 6.45) is 4.17. The van der Waals surface area contributed by atoms with Gasteiger partial charge in [-0.2, -0.15) is 0 Å². The Labute approximate surface area is 109 Å². The van der Waals surface area contributed by atoms with Crippen LogP contribution in [0.15, 0.2) is 0 Å². The summed E-state index contributed by atoms with van der Waals surface area (Å²) < 4.78 is 37.9. The first-order valence-corrected chi connectivity index (χ1v) is 5.63. The van der Waals surface area contributed by atoms with Crippen molar-refractivity contribution in [3.8, 4) is 12.3 Å². The molecule has 102 valence electrons. The SMILES string of the molecule is C#Cc1c(C)c(C[B-](F)(F)F)c(C)c(C(=O)O)c1C. The molecule has 2 nitrogen and oxygen atoms in total. The fourth-order valence-corrected chi connectivity index (χ4v) is 2.35. The number of hydrogen-bond acceptors (Lipinski definition) is 1. The van der Waals surface area contributed by atoms with Gasteiger partial charge in [-0.15, -0.1) is 6.42 Å². The number of rotatable bonds is 3. The zero-order valence-electron chi connectivity index (χ0n) is 10.9. The number of aromatic carboxylic acids is 1. The minimum atomic E-state index is -5.05. The Morgan fingerprint density at radius 2 is 1.74 bits per heavy atom. The normalized spacial score (nSPS) is 11.2. The largest absolute Gasteiger partial charge is 0.482 e. The number of carboxylic acids is 1. The molecule has 0 heterocycles. The van der Waals surface area contributed by atoms with E-state index in [-0.39, 0.29) is 22.3 Å². The van der Waals surface area contributed by atoms with Crippen molar-refractivity contribution in [2.75, 3.05) is 0 Å². The van der Waals surface area contributed by atoms with Crippen molar-refractivity contribution in [3.63, 3.8) is 0 Å². The first-order chi connectivity index (χ1) is 8.60. The first-order valence-electron chi connectivity index (χ1n) is 5.63. The summed E-state index contributed by atoms with van der Waals surface area (Å²) in [7, 11) is 0. The van der Waals surface area contributed by atoms with E-state index in [1.54, 1.807) is 0 Å². The molecule has 0 bridgehead atoms. The second-order valence-corrected chi connectivity index (χ2v) is 4.47. The molecule has 19 heavy (non-hydrogen) atoms. The summed E-state index contributed by atoms with van der Waals surface area (Å²) in [5.74, 6) is 1.03. The van der Waals surface area contributed by atoms with E-state index < -0.39 is 19.3 Å². The van der Waals surface area contributed by atoms with Crippen LogP contribution in [0.3, 0.4) is 0 Å². The van der Waals surface area contributed by atoms with Crippen LogP contribution in [0, 0.1) is 33.1 Å². The average Bonchev–Trinajstić information content (AvgIpc) is 2.23. The number of terminal acetylenes is 1. The summed E-state index contributed by atoms with van der Waals surface area (Å²) in [6, 6.07) is 0. The van der Waals surface area contributed by atoms with E-state index in [0.29, 0.717) is 11.1 Å². The molecule has 0 atom stereocenters. The molecule has 0 radical (unpaired) electrons. The molecular formula is C13H13BF3O2-. The number of benzene rings is 1. The molecule has 1 rings (SSSR count). The molecule has 1 aromatic carbocycles. The van der Waals surface area contributed by atoms with Crippen molar-refractivity contribution in [1.82, 2.24) is 0 Å². The van der Waals surface area contributed by atoms with E-state index >= 15 is 0 Å². The Hall–Kier alpha value is -1.90. The summed E-state index contributed by atoms with van der Waals surface area (Å²) in [5, 5.41) is 9.14. The van der Waals surface area contributed by atoms with Crippen molar-refractivity contribution in [3.05, 3.63) is 33.4 Å². The highest BCUT2D eigenvalue weighted by molar-refractivity contribution is 6.58. The molecule has 0 amide bonds. The van der Waals surface area contributed by atoms with Crippen molar-refractivity contribution >= 4 is 12.9 Å². The van der Waals surface area contributed by atoms with Gasteiger partial charge >= 0.3 is 12.9 Å². The highest BCUT2D eigenvalue weighted by Crippen LogP contribution is 2.30. The van der Waals surface area contributed by atoms with Crippen LogP contribution in [-0.4, -0.2) is 18.1 Å². The molecule has 0 aliphatic carbocycles. The van der Waals surface area contributed by atoms with Gasteiger partial charge in [0, 0.05) is 5.56 Å². The quantitative estimate of drug-likeness (QED) is 0.675. The van der Waals surface area contributed by atoms with Crippen LogP contribution in [0.1, 0.15) is 38.2 Å². The van der Waals surface area contributed by atoms with Crippen LogP contribution in [0.2, 0.25) is 0 Å². The Morgan fingerprint density at radius 1 is 1.21 bits per heavy atom. The molecule has 0 fully saturated rings. The van der Waals surface area contributed by atoms with Gasteiger partial charge in [-0.3, -0.25) is 0 Å². The molecular weight excluding hydrogens is 256 g/mol. The molecule has 0 saturated carbocycles. The third-order valence-electron chi connectivity index (χ3n) is 3.20. The predicted molar refractivity (Wildman–Crippen MR) is 68.3 cm³/mol. The highest BCUT2D eigenvalue weighted by Gasteiger charge is 2.28. The maximum atomic E-state index is 12.6. The summed E-state index contributed by atoms with van der Waals surface area (Å²) >= 11 is 0. The van der Waals surface area contributed by atoms with Gasteiger partial charge in [-0.05, 0) is 37.5 Å². The summed E-state index contributed by atoms with van der Waals surface area (Å²) in [5.41, 5.74) is 0.890. The Bertz CT molecular complexity index is 583. The third kappa shape index (κ3) is 2.92. The van der Waals surface area contributed by atoms with Crippen LogP contribution in [0.25, 0.3) is 0 Å². The molecule has 0 saturated heterocycles. The minimum absolute atomic E-state index is 0.0246. The maximum Gasteiger partial charge on any atom is 0.482 e. The fraction of sp³-hybridized carbons (Fsp3) is 0.308. The number of carboxylic acid groups (broad SMARTS) is 1. The van der Waals surface area contributed by atoms with E-state index in [2.05, 4.69) is 5.92 Å². The van der Waals surface area contributed by atoms with Crippen LogP contribution < -0.4 is 0 Å². The standard InChI is InChI=1S/C13H13BF3O2/c1-5-10-7(2)11(6-14(15,16)17)9(4)12(8(10)3)13(18)19/h1H,6H2,2-4H3,(H,18,19)/q-1. The lowest BCUT2D eigenvalue weighted by Gasteiger charge is -2.22. The van der Waals surface area contributed by atoms with E-state index in [9.17, 15) is 17.7 Å². The van der Waals surface area contributed by atoms with Gasteiger partial charge in [-0.1, -0.05) is 17.8 Å². The third-order valence-corrected chi connectivity index (χ3v) is 3.20. The maximum absolute atomic E-state index is 12.6. The summed E-state index contributed by atoms with van der Waals surface area (Å²) in [6.45, 7) is -0.648. The van der Waals surface area contributed by atoms with Crippen LogP contribution in [0.4, 0.5) is 12.9 Å². The predicted octanol–water partition coefficient (Wildman–Crippen LogP) is 3.22. The smallest absolute Gasteiger partial charge is 0.478 e. The van der Waals surface area contributed by atoms with E-state index in [4.69, 9.17) is 11.5 Å². The molecule has 6 heteroatoms. The average molecular weight is 269 g/mol. The Morgan fingerprint density at radius 3 is 2.11 bits per heavy atom. The van der Waals surface area contributed by atoms with Gasteiger partial charge in [0.15, 0.2) is 0 Å². The Balaban J connectivity index is 3.70. The second-order valence-electron chi connectivity index (χ2n) is 4.47. The monoisotopic (exact) mass is 269 g/mol. The molecule has 0 spiro atoms. The van der Waals surface area contributed by atoms with Crippen LogP contribution in [-0.2, 0) is 6.32 Å². The van der Waals surface area contributed by atoms with Gasteiger partial charge in [0.1, 0.15) is 0 Å². The lowest BCUT2D eigenvalue weighted by molar-refractivity contribution is 0.0695. The van der Waals surface area contributed by atoms with Crippen LogP contribution >= 0.6 is 0 Å². The molecule has 1 N–H and O–H groups in total. The molecule has 0 aromatic heterocycles. The van der Waals surface area contributed by atoms with Crippen LogP contribution in [0.5, 0.6) is 0 Å². The van der Waals surface area contributed by atoms with E-state index in [1.807, 2.05) is 0 Å². The number of hydrogen-bond donors (Lipinski definition) is 1. The zero-order valence-corrected chi connectivity index (χ0v) is 10.9. The molecule has 1 aromatic rings. The molecule has 0 unspecified atom stereocenters. The summed E-state index contributed by atoms with van der Waals surface area (Å²) in [4.78, 5) is 11.2. The van der Waals surface area contributed by atoms with E-state index in [1.165, 1.54) is 20.8 Å². The van der Waals surface area contributed by atoms with Gasteiger partial charge in [0.25, 0.3) is 0 Å².